The maximum absolute atomic E-state index is 12.3. The predicted molar refractivity (Wildman–Crippen MR) is 106 cm³/mol. The maximum Gasteiger partial charge on any atom is 0.241 e. The number of rotatable bonds is 2. The highest BCUT2D eigenvalue weighted by molar-refractivity contribution is 5.91. The first-order valence-electron chi connectivity index (χ1n) is 9.09. The van der Waals surface area contributed by atoms with Gasteiger partial charge in [-0.1, -0.05) is 44.2 Å². The third-order valence-electron chi connectivity index (χ3n) is 5.89. The normalized spacial score (nSPS) is 22.9. The fourth-order valence-electron chi connectivity index (χ4n) is 4.44. The number of carbonyl (C=O) groups is 1. The van der Waals surface area contributed by atoms with E-state index in [1.807, 2.05) is 24.3 Å². The lowest BCUT2D eigenvalue weighted by atomic mass is 9.75. The molecule has 0 radical (unpaired) electrons. The van der Waals surface area contributed by atoms with E-state index in [1.165, 1.54) is 5.56 Å². The second-order valence-electron chi connectivity index (χ2n) is 7.68. The minimum absolute atomic E-state index is 0.0478. The summed E-state index contributed by atoms with van der Waals surface area (Å²) in [6, 6.07) is 14.4. The molecule has 5 heteroatoms. The fraction of sp³-hybridized carbons (Fsp3) is 0.227. The van der Waals surface area contributed by atoms with Crippen molar-refractivity contribution < 1.29 is 4.79 Å². The van der Waals surface area contributed by atoms with Crippen molar-refractivity contribution in [2.75, 3.05) is 11.4 Å². The van der Waals surface area contributed by atoms with E-state index >= 15 is 0 Å². The summed E-state index contributed by atoms with van der Waals surface area (Å²) < 4.78 is 0. The van der Waals surface area contributed by atoms with Gasteiger partial charge in [0.05, 0.1) is 17.6 Å². The highest BCUT2D eigenvalue weighted by Gasteiger charge is 2.59. The van der Waals surface area contributed by atoms with Gasteiger partial charge in [-0.05, 0) is 35.4 Å². The standard InChI is InChI=1S/C22H20N4O/c1-21(2)16-5-3-4-6-19(16)26-14-20(27)25-22(21,26)10-9-15-7-8-17-18(13-15)24-12-11-23-17/h3-13H,14H2,1-2H3,(H,25,27)/b10-9+/t22-/m0/s1. The topological polar surface area (TPSA) is 58.1 Å². The number of nitrogens with one attached hydrogen (secondary N) is 1. The van der Waals surface area contributed by atoms with Crippen LogP contribution in [0.5, 0.6) is 0 Å². The number of nitrogens with zero attached hydrogens (tertiary/aromatic N) is 3. The number of aromatic nitrogens is 2. The molecule has 5 rings (SSSR count). The molecule has 134 valence electrons. The lowest BCUT2D eigenvalue weighted by molar-refractivity contribution is -0.118. The van der Waals surface area contributed by atoms with Crippen molar-refractivity contribution >= 4 is 28.7 Å². The lowest BCUT2D eigenvalue weighted by Crippen LogP contribution is -2.58. The lowest BCUT2D eigenvalue weighted by Gasteiger charge is -2.40. The van der Waals surface area contributed by atoms with E-state index in [0.29, 0.717) is 6.54 Å². The highest BCUT2D eigenvalue weighted by atomic mass is 16.2. The van der Waals surface area contributed by atoms with Crippen LogP contribution in [0.3, 0.4) is 0 Å². The van der Waals surface area contributed by atoms with Crippen molar-refractivity contribution in [3.05, 3.63) is 72.1 Å². The first-order valence-corrected chi connectivity index (χ1v) is 9.09. The van der Waals surface area contributed by atoms with E-state index in [0.717, 1.165) is 22.3 Å². The van der Waals surface area contributed by atoms with Crippen molar-refractivity contribution in [2.24, 2.45) is 0 Å². The van der Waals surface area contributed by atoms with E-state index < -0.39 is 5.66 Å². The van der Waals surface area contributed by atoms with Crippen LogP contribution in [0, 0.1) is 0 Å². The molecule has 1 fully saturated rings. The molecular formula is C22H20N4O. The summed E-state index contributed by atoms with van der Waals surface area (Å²) in [5, 5.41) is 3.25. The molecule has 2 aliphatic rings. The molecule has 0 saturated carbocycles. The molecule has 3 aromatic rings. The van der Waals surface area contributed by atoms with Crippen molar-refractivity contribution in [1.82, 2.24) is 15.3 Å². The molecule has 1 atom stereocenters. The second-order valence-corrected chi connectivity index (χ2v) is 7.68. The first kappa shape index (κ1) is 16.0. The van der Waals surface area contributed by atoms with Gasteiger partial charge in [0.25, 0.3) is 0 Å². The molecule has 5 nitrogen and oxygen atoms in total. The number of para-hydroxylation sites is 1. The maximum atomic E-state index is 12.3. The Kier molecular flexibility index (Phi) is 3.20. The minimum Gasteiger partial charge on any atom is -0.335 e. The molecule has 2 aromatic carbocycles. The molecule has 0 bridgehead atoms. The third-order valence-corrected chi connectivity index (χ3v) is 5.89. The number of carbonyl (C=O) groups excluding carboxylic acids is 1. The van der Waals surface area contributed by atoms with E-state index in [1.54, 1.807) is 12.4 Å². The monoisotopic (exact) mass is 356 g/mol. The Morgan fingerprint density at radius 3 is 2.70 bits per heavy atom. The quantitative estimate of drug-likeness (QED) is 0.766. The Morgan fingerprint density at radius 2 is 1.85 bits per heavy atom. The molecule has 0 aliphatic carbocycles. The van der Waals surface area contributed by atoms with Gasteiger partial charge >= 0.3 is 0 Å². The van der Waals surface area contributed by atoms with Gasteiger partial charge in [-0.3, -0.25) is 14.8 Å². The fourth-order valence-corrected chi connectivity index (χ4v) is 4.44. The first-order chi connectivity index (χ1) is 13.0. The molecular weight excluding hydrogens is 336 g/mol. The van der Waals surface area contributed by atoms with Crippen LogP contribution in [0.4, 0.5) is 5.69 Å². The molecule has 0 unspecified atom stereocenters. The Hall–Kier alpha value is -3.21. The van der Waals surface area contributed by atoms with Crippen LogP contribution in [-0.4, -0.2) is 28.1 Å². The van der Waals surface area contributed by atoms with Crippen molar-refractivity contribution in [3.63, 3.8) is 0 Å². The average molecular weight is 356 g/mol. The molecule has 2 aliphatic heterocycles. The van der Waals surface area contributed by atoms with Crippen molar-refractivity contribution in [3.8, 4) is 0 Å². The van der Waals surface area contributed by atoms with Crippen LogP contribution in [0.25, 0.3) is 17.1 Å². The second kappa shape index (κ2) is 5.39. The van der Waals surface area contributed by atoms with E-state index in [4.69, 9.17) is 0 Å². The summed E-state index contributed by atoms with van der Waals surface area (Å²) >= 11 is 0. The van der Waals surface area contributed by atoms with Crippen LogP contribution in [0.1, 0.15) is 25.0 Å². The van der Waals surface area contributed by atoms with E-state index in [-0.39, 0.29) is 11.3 Å². The van der Waals surface area contributed by atoms with Crippen LogP contribution in [0.2, 0.25) is 0 Å². The van der Waals surface area contributed by atoms with Gasteiger partial charge in [-0.25, -0.2) is 0 Å². The van der Waals surface area contributed by atoms with Gasteiger partial charge in [0.1, 0.15) is 5.66 Å². The number of hydrogen-bond donors (Lipinski definition) is 1. The molecule has 1 aromatic heterocycles. The van der Waals surface area contributed by atoms with Gasteiger partial charge < -0.3 is 10.2 Å². The third kappa shape index (κ3) is 2.14. The van der Waals surface area contributed by atoms with Gasteiger partial charge in [0, 0.05) is 23.5 Å². The molecule has 1 saturated heterocycles. The largest absolute Gasteiger partial charge is 0.335 e. The van der Waals surface area contributed by atoms with E-state index in [9.17, 15) is 4.79 Å². The van der Waals surface area contributed by atoms with Gasteiger partial charge in [-0.15, -0.1) is 0 Å². The number of anilines is 1. The molecule has 1 amide bonds. The smallest absolute Gasteiger partial charge is 0.241 e. The minimum atomic E-state index is -0.578. The summed E-state index contributed by atoms with van der Waals surface area (Å²) in [5.74, 6) is 0.0478. The molecule has 3 heterocycles. The van der Waals surface area contributed by atoms with E-state index in [2.05, 4.69) is 64.4 Å². The Labute approximate surface area is 157 Å². The Balaban J connectivity index is 1.61. The van der Waals surface area contributed by atoms with Gasteiger partial charge in [-0.2, -0.15) is 0 Å². The summed E-state index contributed by atoms with van der Waals surface area (Å²) in [7, 11) is 0. The van der Waals surface area contributed by atoms with Crippen LogP contribution in [0.15, 0.2) is 60.9 Å². The summed E-state index contributed by atoms with van der Waals surface area (Å²) in [6.45, 7) is 4.75. The zero-order valence-electron chi connectivity index (χ0n) is 15.3. The Morgan fingerprint density at radius 1 is 1.07 bits per heavy atom. The average Bonchev–Trinajstić information content (AvgIpc) is 3.11. The van der Waals surface area contributed by atoms with Crippen LogP contribution < -0.4 is 10.2 Å². The van der Waals surface area contributed by atoms with Gasteiger partial charge in [0.15, 0.2) is 0 Å². The highest BCUT2D eigenvalue weighted by Crippen LogP contribution is 2.52. The predicted octanol–water partition coefficient (Wildman–Crippen LogP) is 3.27. The number of hydrogen-bond acceptors (Lipinski definition) is 4. The number of amides is 1. The summed E-state index contributed by atoms with van der Waals surface area (Å²) in [4.78, 5) is 23.2. The number of fused-ring (bicyclic) bond motifs is 4. The number of benzene rings is 2. The van der Waals surface area contributed by atoms with Crippen molar-refractivity contribution in [1.29, 1.82) is 0 Å². The Bertz CT molecular complexity index is 1100. The summed E-state index contributed by atoms with van der Waals surface area (Å²) in [6.07, 6.45) is 7.58. The molecule has 27 heavy (non-hydrogen) atoms. The molecule has 1 N–H and O–H groups in total. The zero-order valence-corrected chi connectivity index (χ0v) is 15.3. The molecule has 0 spiro atoms. The zero-order chi connectivity index (χ0) is 18.6. The van der Waals surface area contributed by atoms with Crippen molar-refractivity contribution in [2.45, 2.75) is 24.9 Å². The summed E-state index contributed by atoms with van der Waals surface area (Å²) in [5.41, 5.74) is 4.29. The van der Waals surface area contributed by atoms with Gasteiger partial charge in [0.2, 0.25) is 5.91 Å². The van der Waals surface area contributed by atoms with Crippen LogP contribution in [-0.2, 0) is 10.2 Å². The van der Waals surface area contributed by atoms with Crippen LogP contribution >= 0.6 is 0 Å². The SMILES string of the molecule is CC1(C)c2ccccc2N2CC(=O)N[C@@]21/C=C/c1ccc2nccnc2c1.